The Bertz CT molecular complexity index is 725. The van der Waals surface area contributed by atoms with Crippen molar-refractivity contribution in [3.05, 3.63) is 54.1 Å². The fourth-order valence-electron chi connectivity index (χ4n) is 2.78. The van der Waals surface area contributed by atoms with Crippen molar-refractivity contribution < 1.29 is 19.0 Å². The van der Waals surface area contributed by atoms with Crippen LogP contribution in [0, 0.1) is 0 Å². The molecule has 0 spiro atoms. The van der Waals surface area contributed by atoms with E-state index in [1.165, 1.54) is 0 Å². The second-order valence-electron chi connectivity index (χ2n) is 6.30. The van der Waals surface area contributed by atoms with Crippen LogP contribution in [0.1, 0.15) is 36.5 Å². The zero-order valence-corrected chi connectivity index (χ0v) is 15.1. The van der Waals surface area contributed by atoms with Crippen LogP contribution in [-0.2, 0) is 4.74 Å². The van der Waals surface area contributed by atoms with Crippen LogP contribution in [0.4, 0.5) is 5.69 Å². The first-order chi connectivity index (χ1) is 12.7. The smallest absolute Gasteiger partial charge is 0.255 e. The van der Waals surface area contributed by atoms with Crippen LogP contribution >= 0.6 is 0 Å². The molecule has 1 amide bonds. The number of carbonyl (C=O) groups is 1. The Hall–Kier alpha value is -2.53. The van der Waals surface area contributed by atoms with Crippen LogP contribution in [0.15, 0.2) is 48.5 Å². The normalized spacial score (nSPS) is 16.3. The lowest BCUT2D eigenvalue weighted by Gasteiger charge is -2.13. The average molecular weight is 355 g/mol. The Morgan fingerprint density at radius 1 is 1.15 bits per heavy atom. The molecule has 5 heteroatoms. The van der Waals surface area contributed by atoms with Gasteiger partial charge >= 0.3 is 0 Å². The summed E-state index contributed by atoms with van der Waals surface area (Å²) >= 11 is 0. The molecule has 0 unspecified atom stereocenters. The van der Waals surface area contributed by atoms with Gasteiger partial charge in [0.2, 0.25) is 0 Å². The molecule has 0 saturated carbocycles. The largest absolute Gasteiger partial charge is 0.494 e. The summed E-state index contributed by atoms with van der Waals surface area (Å²) in [5.41, 5.74) is 1.25. The Morgan fingerprint density at radius 2 is 1.96 bits per heavy atom. The molecule has 5 nitrogen and oxygen atoms in total. The number of ether oxygens (including phenoxy) is 3. The summed E-state index contributed by atoms with van der Waals surface area (Å²) in [6.45, 7) is 4.03. The number of amides is 1. The van der Waals surface area contributed by atoms with Crippen LogP contribution < -0.4 is 14.8 Å². The van der Waals surface area contributed by atoms with Crippen molar-refractivity contribution in [1.29, 1.82) is 0 Å². The van der Waals surface area contributed by atoms with Crippen LogP contribution in [0.3, 0.4) is 0 Å². The number of hydrogen-bond donors (Lipinski definition) is 1. The highest BCUT2D eigenvalue weighted by molar-refractivity contribution is 6.04. The van der Waals surface area contributed by atoms with Gasteiger partial charge in [-0.25, -0.2) is 0 Å². The number of carbonyl (C=O) groups excluding carboxylic acids is 1. The lowest BCUT2D eigenvalue weighted by atomic mass is 10.2. The molecule has 138 valence electrons. The van der Waals surface area contributed by atoms with Crippen LogP contribution in [0.25, 0.3) is 0 Å². The van der Waals surface area contributed by atoms with Crippen LogP contribution in [0.5, 0.6) is 11.5 Å². The van der Waals surface area contributed by atoms with Gasteiger partial charge in [-0.05, 0) is 49.6 Å². The predicted molar refractivity (Wildman–Crippen MR) is 101 cm³/mol. The molecule has 26 heavy (non-hydrogen) atoms. The summed E-state index contributed by atoms with van der Waals surface area (Å²) in [5, 5.41) is 2.90. The van der Waals surface area contributed by atoms with Gasteiger partial charge in [-0.3, -0.25) is 4.79 Å². The standard InChI is InChI=1S/C21H25NO4/c1-2-11-24-18-8-3-6-16(13-18)21(23)22-17-7-4-9-19(14-17)26-15-20-10-5-12-25-20/h3-4,6-9,13-14,20H,2,5,10-12,15H2,1H3,(H,22,23)/t20-/m1/s1. The fraction of sp³-hybridized carbons (Fsp3) is 0.381. The summed E-state index contributed by atoms with van der Waals surface area (Å²) in [7, 11) is 0. The number of nitrogens with one attached hydrogen (secondary N) is 1. The summed E-state index contributed by atoms with van der Waals surface area (Å²) < 4.78 is 16.9. The van der Waals surface area contributed by atoms with Crippen molar-refractivity contribution in [1.82, 2.24) is 0 Å². The Balaban J connectivity index is 1.59. The molecule has 2 aromatic rings. The van der Waals surface area contributed by atoms with Gasteiger partial charge in [0, 0.05) is 23.9 Å². The lowest BCUT2D eigenvalue weighted by molar-refractivity contribution is 0.0680. The highest BCUT2D eigenvalue weighted by Crippen LogP contribution is 2.21. The average Bonchev–Trinajstić information content (AvgIpc) is 3.19. The van der Waals surface area contributed by atoms with E-state index in [1.54, 1.807) is 12.1 Å². The van der Waals surface area contributed by atoms with E-state index in [2.05, 4.69) is 5.32 Å². The second-order valence-corrected chi connectivity index (χ2v) is 6.30. The quantitative estimate of drug-likeness (QED) is 0.768. The first-order valence-electron chi connectivity index (χ1n) is 9.13. The summed E-state index contributed by atoms with van der Waals surface area (Å²) in [5.74, 6) is 1.25. The van der Waals surface area contributed by atoms with Crippen molar-refractivity contribution in [2.24, 2.45) is 0 Å². The maximum atomic E-state index is 12.5. The zero-order chi connectivity index (χ0) is 18.2. The SMILES string of the molecule is CCCOc1cccc(C(=O)Nc2cccc(OC[C@H]3CCCO3)c2)c1. The van der Waals surface area contributed by atoms with Gasteiger partial charge in [0.05, 0.1) is 12.7 Å². The fourth-order valence-corrected chi connectivity index (χ4v) is 2.78. The van der Waals surface area contributed by atoms with Crippen LogP contribution in [0.2, 0.25) is 0 Å². The predicted octanol–water partition coefficient (Wildman–Crippen LogP) is 4.29. The van der Waals surface area contributed by atoms with E-state index in [1.807, 2.05) is 43.3 Å². The van der Waals surface area contributed by atoms with Gasteiger partial charge in [-0.2, -0.15) is 0 Å². The molecule has 1 aliphatic heterocycles. The number of anilines is 1. The van der Waals surface area contributed by atoms with Gasteiger partial charge < -0.3 is 19.5 Å². The monoisotopic (exact) mass is 355 g/mol. The topological polar surface area (TPSA) is 56.8 Å². The molecular formula is C21H25NO4. The Labute approximate surface area is 154 Å². The molecule has 3 rings (SSSR count). The highest BCUT2D eigenvalue weighted by atomic mass is 16.5. The van der Waals surface area contributed by atoms with Gasteiger partial charge in [0.25, 0.3) is 5.91 Å². The van der Waals surface area contributed by atoms with Crippen LogP contribution in [-0.4, -0.2) is 31.8 Å². The molecule has 0 aromatic heterocycles. The third-order valence-electron chi connectivity index (χ3n) is 4.12. The minimum Gasteiger partial charge on any atom is -0.494 e. The minimum absolute atomic E-state index is 0.166. The molecule has 2 aromatic carbocycles. The number of hydrogen-bond acceptors (Lipinski definition) is 4. The van der Waals surface area contributed by atoms with E-state index in [9.17, 15) is 4.79 Å². The summed E-state index contributed by atoms with van der Waals surface area (Å²) in [4.78, 5) is 12.5. The molecular weight excluding hydrogens is 330 g/mol. The van der Waals surface area contributed by atoms with Crippen molar-refractivity contribution in [2.45, 2.75) is 32.3 Å². The molecule has 0 aliphatic carbocycles. The molecule has 0 radical (unpaired) electrons. The van der Waals surface area contributed by atoms with E-state index in [-0.39, 0.29) is 12.0 Å². The first-order valence-corrected chi connectivity index (χ1v) is 9.13. The van der Waals surface area contributed by atoms with E-state index in [0.29, 0.717) is 30.2 Å². The molecule has 1 N–H and O–H groups in total. The van der Waals surface area contributed by atoms with Gasteiger partial charge in [-0.15, -0.1) is 0 Å². The maximum absolute atomic E-state index is 12.5. The Morgan fingerprint density at radius 3 is 2.73 bits per heavy atom. The van der Waals surface area contributed by atoms with E-state index in [0.717, 1.165) is 31.6 Å². The van der Waals surface area contributed by atoms with E-state index in [4.69, 9.17) is 14.2 Å². The van der Waals surface area contributed by atoms with Crippen molar-refractivity contribution in [2.75, 3.05) is 25.1 Å². The zero-order valence-electron chi connectivity index (χ0n) is 15.1. The highest BCUT2D eigenvalue weighted by Gasteiger charge is 2.16. The molecule has 1 atom stereocenters. The van der Waals surface area contributed by atoms with Crippen molar-refractivity contribution in [3.63, 3.8) is 0 Å². The maximum Gasteiger partial charge on any atom is 0.255 e. The lowest BCUT2D eigenvalue weighted by Crippen LogP contribution is -2.16. The second kappa shape index (κ2) is 9.25. The third kappa shape index (κ3) is 5.23. The van der Waals surface area contributed by atoms with Crippen molar-refractivity contribution >= 4 is 11.6 Å². The first kappa shape index (κ1) is 18.3. The van der Waals surface area contributed by atoms with Crippen molar-refractivity contribution in [3.8, 4) is 11.5 Å². The number of rotatable bonds is 8. The van der Waals surface area contributed by atoms with E-state index >= 15 is 0 Å². The summed E-state index contributed by atoms with van der Waals surface area (Å²) in [6, 6.07) is 14.6. The summed E-state index contributed by atoms with van der Waals surface area (Å²) in [6.07, 6.45) is 3.21. The number of benzene rings is 2. The minimum atomic E-state index is -0.178. The van der Waals surface area contributed by atoms with Gasteiger partial charge in [-0.1, -0.05) is 19.1 Å². The van der Waals surface area contributed by atoms with E-state index < -0.39 is 0 Å². The molecule has 1 heterocycles. The molecule has 0 bridgehead atoms. The van der Waals surface area contributed by atoms with Gasteiger partial charge in [0.1, 0.15) is 18.1 Å². The molecule has 1 fully saturated rings. The van der Waals surface area contributed by atoms with Gasteiger partial charge in [0.15, 0.2) is 0 Å². The molecule has 1 aliphatic rings. The third-order valence-corrected chi connectivity index (χ3v) is 4.12. The Kier molecular flexibility index (Phi) is 6.50. The molecule has 1 saturated heterocycles.